The van der Waals surface area contributed by atoms with Crippen LogP contribution in [0.25, 0.3) is 0 Å². The molecule has 1 unspecified atom stereocenters. The maximum atomic E-state index is 12.3. The highest BCUT2D eigenvalue weighted by Gasteiger charge is 2.20. The number of amides is 3. The predicted molar refractivity (Wildman–Crippen MR) is 110 cm³/mol. The Labute approximate surface area is 167 Å². The summed E-state index contributed by atoms with van der Waals surface area (Å²) in [7, 11) is 0. The lowest BCUT2D eigenvalue weighted by atomic mass is 9.83. The van der Waals surface area contributed by atoms with E-state index in [9.17, 15) is 14.4 Å². The van der Waals surface area contributed by atoms with E-state index in [-0.39, 0.29) is 42.8 Å². The van der Waals surface area contributed by atoms with Crippen LogP contribution in [0.15, 0.2) is 24.3 Å². The average Bonchev–Trinajstić information content (AvgIpc) is 2.69. The summed E-state index contributed by atoms with van der Waals surface area (Å²) < 4.78 is 0. The maximum Gasteiger partial charge on any atom is 0.239 e. The van der Waals surface area contributed by atoms with Crippen molar-refractivity contribution in [3.8, 4) is 0 Å². The third kappa shape index (κ3) is 6.98. The molecule has 0 bridgehead atoms. The van der Waals surface area contributed by atoms with E-state index in [2.05, 4.69) is 54.1 Å². The van der Waals surface area contributed by atoms with Crippen molar-refractivity contribution in [2.24, 2.45) is 5.92 Å². The summed E-state index contributed by atoms with van der Waals surface area (Å²) in [5.74, 6) is -0.0288. The number of carbonyl (C=O) groups is 3. The topological polar surface area (TPSA) is 87.3 Å². The number of nitrogens with one attached hydrogen (secondary N) is 3. The molecule has 0 heterocycles. The van der Waals surface area contributed by atoms with Crippen LogP contribution in [-0.4, -0.2) is 30.8 Å². The molecule has 0 spiro atoms. The Kier molecular flexibility index (Phi) is 8.48. The van der Waals surface area contributed by atoms with Crippen LogP contribution in [0.4, 0.5) is 0 Å². The van der Waals surface area contributed by atoms with Crippen LogP contribution < -0.4 is 16.0 Å². The zero-order chi connectivity index (χ0) is 20.5. The van der Waals surface area contributed by atoms with Gasteiger partial charge in [-0.2, -0.15) is 0 Å². The molecule has 1 aliphatic carbocycles. The molecule has 1 saturated carbocycles. The van der Waals surface area contributed by atoms with Crippen molar-refractivity contribution in [3.63, 3.8) is 0 Å². The Morgan fingerprint density at radius 1 is 0.929 bits per heavy atom. The summed E-state index contributed by atoms with van der Waals surface area (Å²) in [6.45, 7) is 5.23. The van der Waals surface area contributed by atoms with Crippen molar-refractivity contribution in [1.29, 1.82) is 0 Å². The van der Waals surface area contributed by atoms with Crippen molar-refractivity contribution < 1.29 is 14.4 Å². The fourth-order valence-corrected chi connectivity index (χ4v) is 3.72. The van der Waals surface area contributed by atoms with Gasteiger partial charge < -0.3 is 16.0 Å². The third-order valence-corrected chi connectivity index (χ3v) is 5.30. The number of benzene rings is 1. The quantitative estimate of drug-likeness (QED) is 0.641. The zero-order valence-electron chi connectivity index (χ0n) is 17.2. The molecule has 1 atom stereocenters. The molecule has 6 heteroatoms. The van der Waals surface area contributed by atoms with E-state index in [4.69, 9.17) is 0 Å². The molecule has 2 rings (SSSR count). The molecular weight excluding hydrogens is 354 g/mol. The minimum Gasteiger partial charge on any atom is -0.348 e. The van der Waals surface area contributed by atoms with Gasteiger partial charge >= 0.3 is 0 Å². The van der Waals surface area contributed by atoms with Gasteiger partial charge in [0.15, 0.2) is 0 Å². The highest BCUT2D eigenvalue weighted by Crippen LogP contribution is 2.33. The standard InChI is InChI=1S/C22H33N3O3/c1-15(2)22(25-21(28)14-24-20(27)13-23-16(3)26)19-11-9-18(10-12-19)17-7-5-4-6-8-17/h9-12,15,17,22H,4-8,13-14H2,1-3H3,(H,23,26)(H,24,27)(H,25,28). The van der Waals surface area contributed by atoms with Crippen LogP contribution in [0.1, 0.15) is 76.0 Å². The molecule has 0 radical (unpaired) electrons. The lowest BCUT2D eigenvalue weighted by molar-refractivity contribution is -0.127. The first-order chi connectivity index (χ1) is 13.4. The normalized spacial score (nSPS) is 15.7. The van der Waals surface area contributed by atoms with Gasteiger partial charge in [-0.1, -0.05) is 57.4 Å². The molecule has 1 aromatic rings. The Hall–Kier alpha value is -2.37. The second kappa shape index (κ2) is 10.8. The molecule has 1 aromatic carbocycles. The van der Waals surface area contributed by atoms with Gasteiger partial charge in [0.2, 0.25) is 17.7 Å². The van der Waals surface area contributed by atoms with Gasteiger partial charge in [0.25, 0.3) is 0 Å². The third-order valence-electron chi connectivity index (χ3n) is 5.30. The predicted octanol–water partition coefficient (Wildman–Crippen LogP) is 2.80. The summed E-state index contributed by atoms with van der Waals surface area (Å²) in [5.41, 5.74) is 2.47. The van der Waals surface area contributed by atoms with E-state index in [1.807, 2.05) is 0 Å². The van der Waals surface area contributed by atoms with Crippen molar-refractivity contribution >= 4 is 17.7 Å². The highest BCUT2D eigenvalue weighted by molar-refractivity contribution is 5.87. The molecule has 28 heavy (non-hydrogen) atoms. The molecular formula is C22H33N3O3. The van der Waals surface area contributed by atoms with Gasteiger partial charge in [-0.25, -0.2) is 0 Å². The number of hydrogen-bond donors (Lipinski definition) is 3. The Morgan fingerprint density at radius 3 is 2.11 bits per heavy atom. The number of hydrogen-bond acceptors (Lipinski definition) is 3. The first-order valence-electron chi connectivity index (χ1n) is 10.3. The van der Waals surface area contributed by atoms with E-state index < -0.39 is 0 Å². The van der Waals surface area contributed by atoms with E-state index in [1.165, 1.54) is 44.6 Å². The first kappa shape index (κ1) is 21.9. The van der Waals surface area contributed by atoms with Crippen molar-refractivity contribution in [3.05, 3.63) is 35.4 Å². The molecule has 154 valence electrons. The molecule has 0 aromatic heterocycles. The minimum atomic E-state index is -0.386. The molecule has 1 fully saturated rings. The van der Waals surface area contributed by atoms with Gasteiger partial charge in [0, 0.05) is 6.92 Å². The molecule has 3 amide bonds. The zero-order valence-corrected chi connectivity index (χ0v) is 17.2. The monoisotopic (exact) mass is 387 g/mol. The Balaban J connectivity index is 1.90. The largest absolute Gasteiger partial charge is 0.348 e. The summed E-state index contributed by atoms with van der Waals surface area (Å²) in [6, 6.07) is 8.51. The minimum absolute atomic E-state index is 0.109. The van der Waals surface area contributed by atoms with Crippen LogP contribution >= 0.6 is 0 Å². The summed E-state index contributed by atoms with van der Waals surface area (Å²) >= 11 is 0. The van der Waals surface area contributed by atoms with E-state index in [0.29, 0.717) is 5.92 Å². The Morgan fingerprint density at radius 2 is 1.54 bits per heavy atom. The summed E-state index contributed by atoms with van der Waals surface area (Å²) in [6.07, 6.45) is 6.50. The molecule has 6 nitrogen and oxygen atoms in total. The maximum absolute atomic E-state index is 12.3. The van der Waals surface area contributed by atoms with E-state index in [1.54, 1.807) is 0 Å². The van der Waals surface area contributed by atoms with Crippen LogP contribution in [0.2, 0.25) is 0 Å². The van der Waals surface area contributed by atoms with Crippen LogP contribution in [0.5, 0.6) is 0 Å². The van der Waals surface area contributed by atoms with Crippen LogP contribution in [-0.2, 0) is 14.4 Å². The van der Waals surface area contributed by atoms with E-state index >= 15 is 0 Å². The molecule has 3 N–H and O–H groups in total. The molecule has 1 aliphatic rings. The lowest BCUT2D eigenvalue weighted by Crippen LogP contribution is -2.43. The van der Waals surface area contributed by atoms with Crippen LogP contribution in [0.3, 0.4) is 0 Å². The summed E-state index contributed by atoms with van der Waals surface area (Å²) in [4.78, 5) is 34.7. The van der Waals surface area contributed by atoms with Gasteiger partial charge in [0.05, 0.1) is 19.1 Å². The van der Waals surface area contributed by atoms with Gasteiger partial charge in [0.1, 0.15) is 0 Å². The smallest absolute Gasteiger partial charge is 0.239 e. The second-order valence-electron chi connectivity index (χ2n) is 7.98. The van der Waals surface area contributed by atoms with Crippen LogP contribution in [0, 0.1) is 5.92 Å². The van der Waals surface area contributed by atoms with Gasteiger partial charge in [-0.15, -0.1) is 0 Å². The summed E-state index contributed by atoms with van der Waals surface area (Å²) in [5, 5.41) is 7.93. The van der Waals surface area contributed by atoms with Gasteiger partial charge in [-0.3, -0.25) is 14.4 Å². The van der Waals surface area contributed by atoms with Gasteiger partial charge in [-0.05, 0) is 35.8 Å². The molecule has 0 saturated heterocycles. The number of carbonyl (C=O) groups excluding carboxylic acids is 3. The van der Waals surface area contributed by atoms with Crippen molar-refractivity contribution in [2.75, 3.05) is 13.1 Å². The fourth-order valence-electron chi connectivity index (χ4n) is 3.72. The lowest BCUT2D eigenvalue weighted by Gasteiger charge is -2.25. The fraction of sp³-hybridized carbons (Fsp3) is 0.591. The highest BCUT2D eigenvalue weighted by atomic mass is 16.2. The molecule has 0 aliphatic heterocycles. The van der Waals surface area contributed by atoms with Crippen molar-refractivity contribution in [2.45, 2.75) is 64.8 Å². The van der Waals surface area contributed by atoms with Crippen molar-refractivity contribution in [1.82, 2.24) is 16.0 Å². The SMILES string of the molecule is CC(=O)NCC(=O)NCC(=O)NC(c1ccc(C2CCCCC2)cc1)C(C)C. The Bertz CT molecular complexity index is 664. The second-order valence-corrected chi connectivity index (χ2v) is 7.98. The first-order valence-corrected chi connectivity index (χ1v) is 10.3. The number of rotatable bonds is 8. The van der Waals surface area contributed by atoms with E-state index in [0.717, 1.165) is 5.56 Å². The average molecular weight is 388 g/mol.